The molecule has 7 nitrogen and oxygen atoms in total. The molecule has 2 unspecified atom stereocenters. The number of allylic oxidation sites excluding steroid dienone is 8. The molecule has 0 saturated heterocycles. The van der Waals surface area contributed by atoms with Gasteiger partial charge in [0.25, 0.3) is 0 Å². The van der Waals surface area contributed by atoms with Crippen LogP contribution in [0.1, 0.15) is 356 Å². The first-order chi connectivity index (χ1) is 43.0. The minimum Gasteiger partial charge on any atom is -0.507 e. The second-order valence-corrected chi connectivity index (χ2v) is 26.4. The minimum absolute atomic E-state index is 0.0247. The fourth-order valence-electron chi connectivity index (χ4n) is 12.6. The molecule has 7 heteroatoms. The summed E-state index contributed by atoms with van der Waals surface area (Å²) >= 11 is 0. The Labute approximate surface area is 544 Å². The monoisotopic (exact) mass is 1220 g/mol. The molecule has 0 saturated carbocycles. The summed E-state index contributed by atoms with van der Waals surface area (Å²) in [5, 5.41) is 23.8. The molecule has 0 spiro atoms. The first-order valence-electron chi connectivity index (χ1n) is 37.7. The maximum absolute atomic E-state index is 14.0. The molecule has 88 heavy (non-hydrogen) atoms. The van der Waals surface area contributed by atoms with E-state index < -0.39 is 23.1 Å². The third-order valence-electron chi connectivity index (χ3n) is 18.3. The normalized spacial score (nSPS) is 14.6. The molecule has 2 aliphatic rings. The van der Waals surface area contributed by atoms with Crippen LogP contribution in [0.3, 0.4) is 0 Å². The number of nitrogens with zero attached hydrogens (tertiary/aromatic N) is 2. The number of Topliss-reactive ketones (excluding diaryl/α,β-unsaturated/α-hetero) is 2. The predicted octanol–water partition coefficient (Wildman–Crippen LogP) is 24.9. The molecule has 1 aromatic rings. The van der Waals surface area contributed by atoms with Crippen molar-refractivity contribution in [3.8, 4) is 5.75 Å². The molecule has 0 aromatic heterocycles. The second kappa shape index (κ2) is 56.8. The van der Waals surface area contributed by atoms with Crippen molar-refractivity contribution in [1.82, 2.24) is 4.90 Å². The third-order valence-corrected chi connectivity index (χ3v) is 18.3. The van der Waals surface area contributed by atoms with Gasteiger partial charge in [0.1, 0.15) is 11.5 Å². The number of aliphatic hydroxyl groups is 1. The molecule has 0 heterocycles. The summed E-state index contributed by atoms with van der Waals surface area (Å²) in [6.45, 7) is 28.9. The molecule has 2 aliphatic carbocycles. The van der Waals surface area contributed by atoms with E-state index in [0.717, 1.165) is 63.2 Å². The topological polar surface area (TPSA) is 98.2 Å². The Kier molecular flexibility index (Phi) is 52.9. The molecule has 2 atom stereocenters. The van der Waals surface area contributed by atoms with Crippen molar-refractivity contribution in [3.63, 3.8) is 0 Å². The van der Waals surface area contributed by atoms with E-state index in [4.69, 9.17) is 0 Å². The highest BCUT2D eigenvalue weighted by Crippen LogP contribution is 2.40. The van der Waals surface area contributed by atoms with Gasteiger partial charge >= 0.3 is 0 Å². The van der Waals surface area contributed by atoms with Gasteiger partial charge in [-0.2, -0.15) is 0 Å². The van der Waals surface area contributed by atoms with Gasteiger partial charge < -0.3 is 20.0 Å². The Balaban J connectivity index is 0.00000211. The number of hydrogen-bond donors (Lipinski definition) is 2. The number of carbonyl (C=O) groups is 3. The fourth-order valence-corrected chi connectivity index (χ4v) is 12.6. The summed E-state index contributed by atoms with van der Waals surface area (Å²) in [5.74, 6) is -1.78. The summed E-state index contributed by atoms with van der Waals surface area (Å²) in [7, 11) is 0. The van der Waals surface area contributed by atoms with E-state index in [0.29, 0.717) is 11.8 Å². The van der Waals surface area contributed by atoms with Gasteiger partial charge in [0, 0.05) is 60.8 Å². The number of aliphatic hydroxyl groups excluding tert-OH is 1. The number of benzene rings is 1. The van der Waals surface area contributed by atoms with Crippen LogP contribution >= 0.6 is 0 Å². The van der Waals surface area contributed by atoms with Gasteiger partial charge in [0.05, 0.1) is 11.1 Å². The van der Waals surface area contributed by atoms with Gasteiger partial charge in [0.15, 0.2) is 5.78 Å². The Morgan fingerprint density at radius 3 is 1.11 bits per heavy atom. The quantitative estimate of drug-likeness (QED) is 0.0290. The highest BCUT2D eigenvalue weighted by molar-refractivity contribution is 6.63. The van der Waals surface area contributed by atoms with Crippen molar-refractivity contribution in [3.05, 3.63) is 89.9 Å². The summed E-state index contributed by atoms with van der Waals surface area (Å²) < 4.78 is 0. The Morgan fingerprint density at radius 1 is 0.409 bits per heavy atom. The molecule has 504 valence electrons. The predicted molar refractivity (Wildman–Crippen MR) is 386 cm³/mol. The number of phenols is 1. The van der Waals surface area contributed by atoms with Crippen molar-refractivity contribution < 1.29 is 24.6 Å². The molecule has 2 N–H and O–H groups in total. The van der Waals surface area contributed by atoms with Crippen LogP contribution in [-0.2, 0) is 14.4 Å². The zero-order chi connectivity index (χ0) is 64.7. The largest absolute Gasteiger partial charge is 0.507 e. The van der Waals surface area contributed by atoms with Gasteiger partial charge in [-0.15, -0.1) is 13.2 Å². The number of phenolic OH excluding ortho intramolecular Hbond substituents is 1. The Bertz CT molecular complexity index is 2010. The number of hydrogen-bond acceptors (Lipinski definition) is 7. The minimum atomic E-state index is -0.908. The van der Waals surface area contributed by atoms with Crippen molar-refractivity contribution in [2.75, 3.05) is 31.1 Å². The first-order valence-corrected chi connectivity index (χ1v) is 37.7. The molecule has 3 rings (SSSR count). The zero-order valence-electron chi connectivity index (χ0n) is 59.1. The van der Waals surface area contributed by atoms with Crippen LogP contribution in [0.5, 0.6) is 5.75 Å². The molecule has 0 radical (unpaired) electrons. The zero-order valence-corrected chi connectivity index (χ0v) is 59.1. The van der Waals surface area contributed by atoms with E-state index >= 15 is 0 Å². The lowest BCUT2D eigenvalue weighted by atomic mass is 9.91. The molecule has 0 aliphatic heterocycles. The Morgan fingerprint density at radius 2 is 0.750 bits per heavy atom. The summed E-state index contributed by atoms with van der Waals surface area (Å²) in [4.78, 5) is 46.6. The van der Waals surface area contributed by atoms with Gasteiger partial charge in [-0.3, -0.25) is 14.4 Å². The van der Waals surface area contributed by atoms with Crippen LogP contribution in [0.4, 0.5) is 5.69 Å². The van der Waals surface area contributed by atoms with E-state index in [1.54, 1.807) is 24.3 Å². The van der Waals surface area contributed by atoms with Crippen molar-refractivity contribution >= 4 is 28.6 Å². The van der Waals surface area contributed by atoms with E-state index in [9.17, 15) is 24.6 Å². The fraction of sp³-hybridized carbons (Fsp3) is 0.741. The SMILES string of the molecule is C=CCCCCCC.C=CCCCCCC.CCCCCCCCC(CCCCCC)CN(CC(CCCCCC)CCCCCCCC)c1ccc(C2=C(O)C(=C3C=CC(N(CCCCCCCC)CCCCCCCC)=CC3=O)C(=O)C2=O)c(O)c1. The van der Waals surface area contributed by atoms with E-state index in [2.05, 4.69) is 78.3 Å². The number of ketones is 3. The third kappa shape index (κ3) is 37.3. The van der Waals surface area contributed by atoms with Crippen molar-refractivity contribution in [2.24, 2.45) is 11.8 Å². The van der Waals surface area contributed by atoms with Crippen molar-refractivity contribution in [2.45, 2.75) is 351 Å². The maximum atomic E-state index is 14.0. The van der Waals surface area contributed by atoms with Crippen LogP contribution in [0, 0.1) is 11.8 Å². The number of rotatable bonds is 55. The lowest BCUT2D eigenvalue weighted by Gasteiger charge is -2.33. The number of anilines is 1. The van der Waals surface area contributed by atoms with Crippen LogP contribution < -0.4 is 4.90 Å². The highest BCUT2D eigenvalue weighted by atomic mass is 16.3. The highest BCUT2D eigenvalue weighted by Gasteiger charge is 2.41. The molecule has 1 aromatic carbocycles. The molecule has 0 amide bonds. The van der Waals surface area contributed by atoms with E-state index in [1.807, 2.05) is 24.3 Å². The lowest BCUT2D eigenvalue weighted by Crippen LogP contribution is -2.34. The molecule has 0 fully saturated rings. The van der Waals surface area contributed by atoms with Crippen LogP contribution in [0.15, 0.2) is 84.3 Å². The van der Waals surface area contributed by atoms with Crippen LogP contribution in [0.2, 0.25) is 0 Å². The number of aromatic hydroxyl groups is 1. The summed E-state index contributed by atoms with van der Waals surface area (Å²) in [6, 6.07) is 5.47. The average molecular weight is 1220 g/mol. The summed E-state index contributed by atoms with van der Waals surface area (Å²) in [6.07, 6.45) is 66.7. The number of carbonyl (C=O) groups excluding carboxylic acids is 3. The van der Waals surface area contributed by atoms with Gasteiger partial charge in [-0.05, 0) is 100 Å². The maximum Gasteiger partial charge on any atom is 0.238 e. The molecular weight excluding hydrogens is 1080 g/mol. The van der Waals surface area contributed by atoms with E-state index in [1.165, 1.54) is 270 Å². The van der Waals surface area contributed by atoms with Crippen molar-refractivity contribution in [1.29, 1.82) is 0 Å². The van der Waals surface area contributed by atoms with E-state index in [-0.39, 0.29) is 28.0 Å². The smallest absolute Gasteiger partial charge is 0.238 e. The average Bonchev–Trinajstić information content (AvgIpc) is 1.94. The number of unbranched alkanes of at least 4 members (excludes halogenated alkanes) is 34. The lowest BCUT2D eigenvalue weighted by molar-refractivity contribution is -0.130. The van der Waals surface area contributed by atoms with Gasteiger partial charge in [0.2, 0.25) is 11.6 Å². The molecular formula is C81H140N2O5. The second-order valence-electron chi connectivity index (χ2n) is 26.4. The van der Waals surface area contributed by atoms with Crippen LogP contribution in [0.25, 0.3) is 5.57 Å². The molecule has 0 bridgehead atoms. The first kappa shape index (κ1) is 81.9. The Hall–Kier alpha value is -4.13. The van der Waals surface area contributed by atoms with Gasteiger partial charge in [-0.1, -0.05) is 299 Å². The van der Waals surface area contributed by atoms with Gasteiger partial charge in [-0.25, -0.2) is 0 Å². The standard InChI is InChI=1S/C65H108N2O5.2C8H16/c1-7-13-19-25-29-35-41-53(39-33-23-17-11-5)51-67(52-54(40-34-24-18-12-6)42-36-30-26-20-14-8-2)56-44-46-58(60(69)50-56)62-63(70)61(64(71)65(62)72)57-45-43-55(49-59(57)68)66(47-37-31-27-21-15-9-3)48-38-32-28-22-16-10-4;2*1-3-5-7-8-6-4-2/h43-46,49-50,53-54,69-70H,7-42,47-48,51-52H2,1-6H3;2*3H,1,4-8H2,2H3. The van der Waals surface area contributed by atoms with Crippen LogP contribution in [-0.4, -0.2) is 58.6 Å². The summed E-state index contributed by atoms with van der Waals surface area (Å²) in [5.41, 5.74) is 1.40.